The van der Waals surface area contributed by atoms with Crippen LogP contribution in [-0.4, -0.2) is 85.9 Å². The van der Waals surface area contributed by atoms with Crippen molar-refractivity contribution in [1.29, 1.82) is 0 Å². The Hall–Kier alpha value is -0.680. The van der Waals surface area contributed by atoms with Gasteiger partial charge < -0.3 is 18.1 Å². The lowest BCUT2D eigenvalue weighted by atomic mass is 10.1. The maximum atomic E-state index is 11.4. The van der Waals surface area contributed by atoms with Crippen molar-refractivity contribution in [3.05, 3.63) is 4.13 Å². The lowest BCUT2D eigenvalue weighted by Crippen LogP contribution is -2.49. The van der Waals surface area contributed by atoms with Crippen LogP contribution in [0, 0.1) is 0 Å². The number of nitrogens with zero attached hydrogens (tertiary/aromatic N) is 2. The van der Waals surface area contributed by atoms with E-state index in [1.54, 1.807) is 7.11 Å². The standard InChI is InChI=1S/C11H24NO2.C2F6NO4S2/c1-12(6-4-3-5-7-12)8-9-14-11-10-13-2;3-1(4,5)14(10,11)9-15(12,13)2(6,7)8/h3-11H2,1-2H3;/q+1;-1. The zero-order valence-corrected chi connectivity index (χ0v) is 17.4. The summed E-state index contributed by atoms with van der Waals surface area (Å²) in [5.41, 5.74) is -12.4. The van der Waals surface area contributed by atoms with Gasteiger partial charge in [0.05, 0.1) is 40.0 Å². The molecule has 1 aliphatic rings. The molecule has 0 amide bonds. The Labute approximate surface area is 165 Å². The van der Waals surface area contributed by atoms with Gasteiger partial charge in [-0.25, -0.2) is 16.8 Å². The van der Waals surface area contributed by atoms with Crippen LogP contribution in [0.15, 0.2) is 0 Å². The van der Waals surface area contributed by atoms with Gasteiger partial charge in [0.25, 0.3) is 0 Å². The van der Waals surface area contributed by atoms with Crippen LogP contribution in [0.4, 0.5) is 26.3 Å². The van der Waals surface area contributed by atoms with Gasteiger partial charge in [0.2, 0.25) is 0 Å². The van der Waals surface area contributed by atoms with Gasteiger partial charge in [-0.2, -0.15) is 26.3 Å². The van der Waals surface area contributed by atoms with Crippen molar-refractivity contribution < 1.29 is 57.1 Å². The number of rotatable bonds is 8. The van der Waals surface area contributed by atoms with Crippen LogP contribution in [0.1, 0.15) is 19.3 Å². The molecule has 0 bridgehead atoms. The summed E-state index contributed by atoms with van der Waals surface area (Å²) < 4.78 is 121. The number of alkyl halides is 6. The van der Waals surface area contributed by atoms with E-state index in [0.29, 0.717) is 6.61 Å². The fraction of sp³-hybridized carbons (Fsp3) is 1.00. The maximum Gasteiger partial charge on any atom is 0.480 e. The van der Waals surface area contributed by atoms with Gasteiger partial charge in [0.15, 0.2) is 20.0 Å². The summed E-state index contributed by atoms with van der Waals surface area (Å²) in [6.45, 7) is 6.13. The van der Waals surface area contributed by atoms with Gasteiger partial charge >= 0.3 is 11.0 Å². The van der Waals surface area contributed by atoms with Crippen molar-refractivity contribution in [3.63, 3.8) is 0 Å². The zero-order valence-electron chi connectivity index (χ0n) is 15.8. The van der Waals surface area contributed by atoms with E-state index in [9.17, 15) is 43.2 Å². The number of likely N-dealkylation sites (tertiary alicyclic amines) is 1. The molecule has 0 atom stereocenters. The molecular weight excluding hydrogens is 458 g/mol. The van der Waals surface area contributed by atoms with E-state index >= 15 is 0 Å². The minimum absolute atomic E-state index is 0.712. The first kappa shape index (κ1) is 28.3. The average Bonchev–Trinajstić information content (AvgIpc) is 2.53. The summed E-state index contributed by atoms with van der Waals surface area (Å²) in [6, 6.07) is 0. The van der Waals surface area contributed by atoms with E-state index in [1.165, 1.54) is 36.8 Å². The molecule has 0 aromatic heterocycles. The third-order valence-electron chi connectivity index (χ3n) is 3.88. The van der Waals surface area contributed by atoms with E-state index in [0.717, 1.165) is 23.9 Å². The molecule has 0 unspecified atom stereocenters. The summed E-state index contributed by atoms with van der Waals surface area (Å²) in [5, 5.41) is 0. The minimum Gasteiger partial charge on any atom is -0.421 e. The zero-order chi connectivity index (χ0) is 23.0. The molecule has 1 saturated heterocycles. The molecule has 1 heterocycles. The lowest BCUT2D eigenvalue weighted by Gasteiger charge is -2.37. The van der Waals surface area contributed by atoms with Gasteiger partial charge in [-0.15, -0.1) is 0 Å². The molecule has 0 aromatic carbocycles. The third-order valence-corrected chi connectivity index (χ3v) is 6.62. The second-order valence-electron chi connectivity index (χ2n) is 6.37. The topological polar surface area (TPSA) is 101 Å². The monoisotopic (exact) mass is 482 g/mol. The van der Waals surface area contributed by atoms with Crippen molar-refractivity contribution in [2.24, 2.45) is 0 Å². The molecule has 29 heavy (non-hydrogen) atoms. The lowest BCUT2D eigenvalue weighted by molar-refractivity contribution is -0.914. The molecule has 8 nitrogen and oxygen atoms in total. The van der Waals surface area contributed by atoms with Gasteiger partial charge in [-0.1, -0.05) is 0 Å². The summed E-state index contributed by atoms with van der Waals surface area (Å²) in [4.78, 5) is 0. The SMILES string of the molecule is COCCOCC[N+]1(C)CCCCC1.O=S(=O)([N-]S(=O)(=O)C(F)(F)F)C(F)(F)F. The van der Waals surface area contributed by atoms with E-state index in [2.05, 4.69) is 7.05 Å². The van der Waals surface area contributed by atoms with Crippen molar-refractivity contribution >= 4 is 20.0 Å². The van der Waals surface area contributed by atoms with Crippen LogP contribution in [0.2, 0.25) is 0 Å². The predicted octanol–water partition coefficient (Wildman–Crippen LogP) is 2.34. The molecule has 16 heteroatoms. The van der Waals surface area contributed by atoms with Gasteiger partial charge in [-0.05, 0) is 19.3 Å². The normalized spacial score (nSPS) is 18.1. The molecule has 0 aliphatic carbocycles. The molecular formula is C13H24F6N2O6S2. The third kappa shape index (κ3) is 10.3. The summed E-state index contributed by atoms with van der Waals surface area (Å²) in [6.07, 6.45) is 4.18. The van der Waals surface area contributed by atoms with Crippen LogP contribution in [0.3, 0.4) is 0 Å². The Morgan fingerprint density at radius 2 is 1.28 bits per heavy atom. The van der Waals surface area contributed by atoms with Crippen molar-refractivity contribution in [3.8, 4) is 0 Å². The molecule has 0 radical (unpaired) electrons. The van der Waals surface area contributed by atoms with Crippen LogP contribution in [0.5, 0.6) is 0 Å². The smallest absolute Gasteiger partial charge is 0.421 e. The fourth-order valence-electron chi connectivity index (χ4n) is 2.24. The molecule has 0 spiro atoms. The number of hydrogen-bond acceptors (Lipinski definition) is 6. The van der Waals surface area contributed by atoms with Gasteiger partial charge in [0.1, 0.15) is 6.54 Å². The largest absolute Gasteiger partial charge is 0.480 e. The highest BCUT2D eigenvalue weighted by Crippen LogP contribution is 2.36. The number of halogens is 6. The van der Waals surface area contributed by atoms with E-state index in [4.69, 9.17) is 9.47 Å². The second-order valence-corrected chi connectivity index (χ2v) is 9.79. The number of piperidine rings is 1. The number of sulfonamides is 2. The Bertz CT molecular complexity index is 646. The van der Waals surface area contributed by atoms with Crippen molar-refractivity contribution in [2.45, 2.75) is 30.3 Å². The highest BCUT2D eigenvalue weighted by atomic mass is 32.3. The number of ether oxygens (including phenoxy) is 2. The molecule has 1 fully saturated rings. The van der Waals surface area contributed by atoms with E-state index in [1.807, 2.05) is 0 Å². The predicted molar refractivity (Wildman–Crippen MR) is 90.6 cm³/mol. The number of likely N-dealkylation sites (N-methyl/N-ethyl adjacent to an activating group) is 1. The average molecular weight is 482 g/mol. The highest BCUT2D eigenvalue weighted by Gasteiger charge is 2.46. The van der Waals surface area contributed by atoms with E-state index < -0.39 is 31.1 Å². The highest BCUT2D eigenvalue weighted by molar-refractivity contribution is 8.13. The number of hydrogen-bond donors (Lipinski definition) is 0. The Morgan fingerprint density at radius 1 is 0.828 bits per heavy atom. The molecule has 176 valence electrons. The van der Waals surface area contributed by atoms with Crippen LogP contribution < -0.4 is 0 Å². The van der Waals surface area contributed by atoms with Crippen LogP contribution in [-0.2, 0) is 29.5 Å². The Kier molecular flexibility index (Phi) is 10.8. The first-order valence-corrected chi connectivity index (χ1v) is 11.1. The Balaban J connectivity index is 0.000000541. The van der Waals surface area contributed by atoms with Crippen LogP contribution >= 0.6 is 0 Å². The second kappa shape index (κ2) is 11.1. The summed E-state index contributed by atoms with van der Waals surface area (Å²) in [5.74, 6) is 0. The first-order chi connectivity index (χ1) is 13.0. The summed E-state index contributed by atoms with van der Waals surface area (Å²) >= 11 is 0. The quantitative estimate of drug-likeness (QED) is 0.299. The number of quaternary nitrogens is 1. The van der Waals surface area contributed by atoms with Crippen molar-refractivity contribution in [2.75, 3.05) is 53.6 Å². The minimum atomic E-state index is -6.72. The number of methoxy groups -OCH3 is 1. The molecule has 1 aliphatic heterocycles. The maximum absolute atomic E-state index is 11.4. The van der Waals surface area contributed by atoms with Gasteiger partial charge in [0, 0.05) is 7.11 Å². The van der Waals surface area contributed by atoms with Crippen molar-refractivity contribution in [1.82, 2.24) is 0 Å². The molecule has 0 saturated carbocycles. The van der Waals surface area contributed by atoms with Crippen LogP contribution in [0.25, 0.3) is 4.13 Å². The molecule has 0 N–H and O–H groups in total. The molecule has 0 aromatic rings. The summed E-state index contributed by atoms with van der Waals surface area (Å²) in [7, 11) is -9.39. The first-order valence-electron chi connectivity index (χ1n) is 8.24. The molecule has 1 rings (SSSR count). The van der Waals surface area contributed by atoms with E-state index in [-0.39, 0.29) is 0 Å². The Morgan fingerprint density at radius 3 is 1.66 bits per heavy atom. The van der Waals surface area contributed by atoms with Gasteiger partial charge in [-0.3, -0.25) is 0 Å². The fourth-order valence-corrected chi connectivity index (χ4v) is 3.95.